The first-order valence-electron chi connectivity index (χ1n) is 3.62. The van der Waals surface area contributed by atoms with E-state index in [0.717, 1.165) is 11.2 Å². The van der Waals surface area contributed by atoms with E-state index in [2.05, 4.69) is 11.8 Å². The second-order valence-corrected chi connectivity index (χ2v) is 4.90. The van der Waals surface area contributed by atoms with E-state index in [1.807, 2.05) is 0 Å². The number of hydrogen-bond donors (Lipinski definition) is 0. The molecule has 0 spiro atoms. The molecule has 2 aliphatic heterocycles. The zero-order valence-electron chi connectivity index (χ0n) is 5.35. The molecule has 0 aromatic carbocycles. The highest BCUT2D eigenvalue weighted by molar-refractivity contribution is 8.00. The summed E-state index contributed by atoms with van der Waals surface area (Å²) in [5.74, 6) is 2.34. The third kappa shape index (κ3) is 1.10. The lowest BCUT2D eigenvalue weighted by Gasteiger charge is -2.38. The lowest BCUT2D eigenvalue weighted by atomic mass is 9.89. The van der Waals surface area contributed by atoms with Gasteiger partial charge in [0.05, 0.1) is 0 Å². The molecule has 3 atom stereocenters. The largest absolute Gasteiger partial charge is 0.157 e. The van der Waals surface area contributed by atoms with Crippen LogP contribution in [0.1, 0.15) is 19.3 Å². The van der Waals surface area contributed by atoms with Crippen molar-refractivity contribution in [2.75, 3.05) is 5.75 Å². The molecule has 1 aliphatic carbocycles. The molecule has 0 nitrogen and oxygen atoms in total. The van der Waals surface area contributed by atoms with E-state index in [1.165, 1.54) is 25.0 Å². The standard InChI is InChI=1S/C7H11ClS/c8-6-3-5-1-2-7(6)9-4-5/h5-7H,1-4H2. The molecule has 2 heterocycles. The zero-order chi connectivity index (χ0) is 6.27. The number of rotatable bonds is 0. The van der Waals surface area contributed by atoms with Gasteiger partial charge in [0.2, 0.25) is 0 Å². The van der Waals surface area contributed by atoms with Gasteiger partial charge in [-0.2, -0.15) is 11.8 Å². The van der Waals surface area contributed by atoms with Crippen molar-refractivity contribution in [2.24, 2.45) is 5.92 Å². The van der Waals surface area contributed by atoms with Crippen LogP contribution in [0.15, 0.2) is 0 Å². The van der Waals surface area contributed by atoms with Crippen molar-refractivity contribution in [3.8, 4) is 0 Å². The van der Waals surface area contributed by atoms with Crippen molar-refractivity contribution in [3.05, 3.63) is 0 Å². The predicted molar refractivity (Wildman–Crippen MR) is 43.2 cm³/mol. The van der Waals surface area contributed by atoms with Crippen LogP contribution in [0.25, 0.3) is 0 Å². The molecule has 3 fully saturated rings. The first-order valence-corrected chi connectivity index (χ1v) is 5.10. The fourth-order valence-corrected chi connectivity index (χ4v) is 3.81. The molecule has 52 valence electrons. The molecular formula is C7H11ClS. The van der Waals surface area contributed by atoms with Gasteiger partial charge in [-0.3, -0.25) is 0 Å². The zero-order valence-corrected chi connectivity index (χ0v) is 6.92. The van der Waals surface area contributed by atoms with E-state index in [9.17, 15) is 0 Å². The SMILES string of the molecule is ClC1CC2CCC1SC2. The Morgan fingerprint density at radius 3 is 2.44 bits per heavy atom. The van der Waals surface area contributed by atoms with Crippen LogP contribution in [0.5, 0.6) is 0 Å². The highest BCUT2D eigenvalue weighted by Gasteiger charge is 2.34. The smallest absolute Gasteiger partial charge is 0.0457 e. The van der Waals surface area contributed by atoms with Crippen LogP contribution in [0.4, 0.5) is 0 Å². The Labute approximate surface area is 65.3 Å². The van der Waals surface area contributed by atoms with Crippen molar-refractivity contribution in [3.63, 3.8) is 0 Å². The van der Waals surface area contributed by atoms with Gasteiger partial charge in [-0.05, 0) is 30.9 Å². The molecular weight excluding hydrogens is 152 g/mol. The third-order valence-corrected chi connectivity index (χ3v) is 4.66. The van der Waals surface area contributed by atoms with Gasteiger partial charge in [0.1, 0.15) is 0 Å². The Morgan fingerprint density at radius 1 is 1.33 bits per heavy atom. The van der Waals surface area contributed by atoms with Gasteiger partial charge in [-0.1, -0.05) is 0 Å². The van der Waals surface area contributed by atoms with E-state index in [1.54, 1.807) is 0 Å². The summed E-state index contributed by atoms with van der Waals surface area (Å²) in [7, 11) is 0. The van der Waals surface area contributed by atoms with Crippen molar-refractivity contribution in [2.45, 2.75) is 29.9 Å². The first-order chi connectivity index (χ1) is 4.36. The van der Waals surface area contributed by atoms with Gasteiger partial charge in [-0.25, -0.2) is 0 Å². The molecule has 3 rings (SSSR count). The number of halogens is 1. The predicted octanol–water partition coefficient (Wildman–Crippen LogP) is 2.51. The molecule has 3 unspecified atom stereocenters. The fraction of sp³-hybridized carbons (Fsp3) is 1.00. The van der Waals surface area contributed by atoms with Gasteiger partial charge in [0.15, 0.2) is 0 Å². The van der Waals surface area contributed by atoms with Gasteiger partial charge >= 0.3 is 0 Å². The molecule has 3 aliphatic rings. The van der Waals surface area contributed by atoms with Gasteiger partial charge in [-0.15, -0.1) is 11.6 Å². The Balaban J connectivity index is 2.06. The molecule has 0 amide bonds. The Kier molecular flexibility index (Phi) is 1.66. The Hall–Kier alpha value is 0.640. The molecule has 0 radical (unpaired) electrons. The van der Waals surface area contributed by atoms with Crippen LogP contribution in [0.2, 0.25) is 0 Å². The normalized spacial score (nSPS) is 49.7. The minimum atomic E-state index is 0.502. The van der Waals surface area contributed by atoms with Crippen molar-refractivity contribution >= 4 is 23.4 Å². The Bertz CT molecular complexity index is 107. The second kappa shape index (κ2) is 2.35. The summed E-state index contributed by atoms with van der Waals surface area (Å²) in [6.45, 7) is 0. The average Bonchev–Trinajstić information content (AvgIpc) is 1.90. The van der Waals surface area contributed by atoms with Gasteiger partial charge < -0.3 is 0 Å². The second-order valence-electron chi connectivity index (χ2n) is 3.07. The first kappa shape index (κ1) is 6.36. The minimum absolute atomic E-state index is 0.502. The highest BCUT2D eigenvalue weighted by Crippen LogP contribution is 2.43. The lowest BCUT2D eigenvalue weighted by molar-refractivity contribution is 0.384. The number of hydrogen-bond acceptors (Lipinski definition) is 1. The maximum absolute atomic E-state index is 6.09. The fourth-order valence-electron chi connectivity index (χ4n) is 1.77. The molecule has 2 saturated heterocycles. The monoisotopic (exact) mass is 162 g/mol. The summed E-state index contributed by atoms with van der Waals surface area (Å²) in [4.78, 5) is 0. The molecule has 0 N–H and O–H groups in total. The van der Waals surface area contributed by atoms with E-state index >= 15 is 0 Å². The summed E-state index contributed by atoms with van der Waals surface area (Å²) in [5.41, 5.74) is 0. The molecule has 0 aromatic heterocycles. The number of thioether (sulfide) groups is 1. The van der Waals surface area contributed by atoms with Gasteiger partial charge in [0.25, 0.3) is 0 Å². The van der Waals surface area contributed by atoms with Crippen LogP contribution >= 0.6 is 23.4 Å². The molecule has 2 bridgehead atoms. The maximum atomic E-state index is 6.09. The molecule has 0 aromatic rings. The highest BCUT2D eigenvalue weighted by atomic mass is 35.5. The molecule has 1 saturated carbocycles. The van der Waals surface area contributed by atoms with Crippen LogP contribution in [-0.4, -0.2) is 16.4 Å². The van der Waals surface area contributed by atoms with E-state index in [4.69, 9.17) is 11.6 Å². The molecule has 9 heavy (non-hydrogen) atoms. The van der Waals surface area contributed by atoms with Crippen LogP contribution in [-0.2, 0) is 0 Å². The maximum Gasteiger partial charge on any atom is 0.0457 e. The van der Waals surface area contributed by atoms with Crippen LogP contribution < -0.4 is 0 Å². The van der Waals surface area contributed by atoms with Gasteiger partial charge in [0, 0.05) is 10.6 Å². The Morgan fingerprint density at radius 2 is 2.22 bits per heavy atom. The quantitative estimate of drug-likeness (QED) is 0.494. The number of fused-ring (bicyclic) bond motifs is 3. The number of alkyl halides is 1. The van der Waals surface area contributed by atoms with Crippen molar-refractivity contribution in [1.82, 2.24) is 0 Å². The lowest BCUT2D eigenvalue weighted by Crippen LogP contribution is -2.34. The van der Waals surface area contributed by atoms with Crippen LogP contribution in [0, 0.1) is 5.92 Å². The van der Waals surface area contributed by atoms with Crippen molar-refractivity contribution in [1.29, 1.82) is 0 Å². The minimum Gasteiger partial charge on any atom is -0.157 e. The van der Waals surface area contributed by atoms with E-state index in [-0.39, 0.29) is 0 Å². The summed E-state index contributed by atoms with van der Waals surface area (Å²) >= 11 is 8.18. The average molecular weight is 163 g/mol. The van der Waals surface area contributed by atoms with E-state index in [0.29, 0.717) is 5.38 Å². The third-order valence-electron chi connectivity index (χ3n) is 2.37. The summed E-state index contributed by atoms with van der Waals surface area (Å²) < 4.78 is 0. The van der Waals surface area contributed by atoms with Crippen molar-refractivity contribution < 1.29 is 0 Å². The summed E-state index contributed by atoms with van der Waals surface area (Å²) in [6, 6.07) is 0. The topological polar surface area (TPSA) is 0 Å². The molecule has 2 heteroatoms. The summed E-state index contributed by atoms with van der Waals surface area (Å²) in [6.07, 6.45) is 4.11. The summed E-state index contributed by atoms with van der Waals surface area (Å²) in [5, 5.41) is 1.30. The van der Waals surface area contributed by atoms with Crippen LogP contribution in [0.3, 0.4) is 0 Å². The van der Waals surface area contributed by atoms with E-state index < -0.39 is 0 Å².